The molecule has 3 aromatic rings. The van der Waals surface area contributed by atoms with Gasteiger partial charge in [0.05, 0.1) is 17.3 Å². The first-order valence-corrected chi connectivity index (χ1v) is 6.47. The second-order valence-corrected chi connectivity index (χ2v) is 4.79. The second-order valence-electron chi connectivity index (χ2n) is 4.38. The Kier molecular flexibility index (Phi) is 3.35. The van der Waals surface area contributed by atoms with Gasteiger partial charge in [-0.05, 0) is 34.2 Å². The highest BCUT2D eigenvalue weighted by atomic mass is 35.5. The summed E-state index contributed by atoms with van der Waals surface area (Å²) in [6.45, 7) is 0.603. The summed E-state index contributed by atoms with van der Waals surface area (Å²) >= 11 is 5.93. The molecule has 0 saturated heterocycles. The van der Waals surface area contributed by atoms with Gasteiger partial charge in [-0.1, -0.05) is 41.9 Å². The SMILES string of the molecule is Nc1cc(-c2nnnn2Cc2ccccc2)ccc1Cl. The molecule has 0 aliphatic rings. The molecule has 0 radical (unpaired) electrons. The van der Waals surface area contributed by atoms with E-state index >= 15 is 0 Å². The third-order valence-electron chi connectivity index (χ3n) is 2.96. The largest absolute Gasteiger partial charge is 0.398 e. The normalized spacial score (nSPS) is 10.7. The Labute approximate surface area is 121 Å². The number of hydrogen-bond donors (Lipinski definition) is 1. The number of benzene rings is 2. The Morgan fingerprint density at radius 2 is 1.90 bits per heavy atom. The van der Waals surface area contributed by atoms with Gasteiger partial charge in [-0.25, -0.2) is 4.68 Å². The zero-order valence-corrected chi connectivity index (χ0v) is 11.3. The van der Waals surface area contributed by atoms with Gasteiger partial charge in [-0.2, -0.15) is 0 Å². The molecule has 0 spiro atoms. The number of halogens is 1. The van der Waals surface area contributed by atoms with Crippen molar-refractivity contribution in [3.05, 3.63) is 59.1 Å². The Morgan fingerprint density at radius 3 is 2.65 bits per heavy atom. The van der Waals surface area contributed by atoms with Crippen molar-refractivity contribution in [1.82, 2.24) is 20.2 Å². The number of tetrazole rings is 1. The van der Waals surface area contributed by atoms with Crippen LogP contribution in [0.5, 0.6) is 0 Å². The lowest BCUT2D eigenvalue weighted by atomic mass is 10.2. The first-order chi connectivity index (χ1) is 9.74. The smallest absolute Gasteiger partial charge is 0.182 e. The Balaban J connectivity index is 1.95. The molecule has 2 N–H and O–H groups in total. The van der Waals surface area contributed by atoms with Crippen LogP contribution in [0.25, 0.3) is 11.4 Å². The van der Waals surface area contributed by atoms with Crippen LogP contribution < -0.4 is 5.73 Å². The van der Waals surface area contributed by atoms with Crippen molar-refractivity contribution in [3.63, 3.8) is 0 Å². The first kappa shape index (κ1) is 12.6. The molecule has 0 aliphatic carbocycles. The number of nitrogen functional groups attached to an aromatic ring is 1. The maximum atomic E-state index is 5.93. The lowest BCUT2D eigenvalue weighted by Crippen LogP contribution is -2.04. The van der Waals surface area contributed by atoms with Crippen LogP contribution >= 0.6 is 11.6 Å². The summed E-state index contributed by atoms with van der Waals surface area (Å²) < 4.78 is 1.73. The lowest BCUT2D eigenvalue weighted by molar-refractivity contribution is 0.653. The topological polar surface area (TPSA) is 69.6 Å². The predicted octanol–water partition coefficient (Wildman–Crippen LogP) is 2.62. The van der Waals surface area contributed by atoms with Crippen molar-refractivity contribution in [2.24, 2.45) is 0 Å². The molecule has 0 bridgehead atoms. The van der Waals surface area contributed by atoms with Gasteiger partial charge in [0.2, 0.25) is 0 Å². The maximum absolute atomic E-state index is 5.93. The van der Waals surface area contributed by atoms with Gasteiger partial charge in [0, 0.05) is 5.56 Å². The van der Waals surface area contributed by atoms with Crippen LogP contribution in [0, 0.1) is 0 Å². The number of aromatic nitrogens is 4. The number of nitrogens with two attached hydrogens (primary N) is 1. The molecule has 0 unspecified atom stereocenters. The summed E-state index contributed by atoms with van der Waals surface area (Å²) in [5.74, 6) is 0.664. The molecular weight excluding hydrogens is 274 g/mol. The first-order valence-electron chi connectivity index (χ1n) is 6.09. The molecular formula is C14H12ClN5. The lowest BCUT2D eigenvalue weighted by Gasteiger charge is -2.06. The average molecular weight is 286 g/mol. The van der Waals surface area contributed by atoms with E-state index in [4.69, 9.17) is 17.3 Å². The molecule has 1 heterocycles. The zero-order valence-electron chi connectivity index (χ0n) is 10.6. The summed E-state index contributed by atoms with van der Waals surface area (Å²) in [5.41, 5.74) is 8.30. The molecule has 0 aliphatic heterocycles. The maximum Gasteiger partial charge on any atom is 0.182 e. The number of rotatable bonds is 3. The highest BCUT2D eigenvalue weighted by molar-refractivity contribution is 6.33. The highest BCUT2D eigenvalue weighted by Gasteiger charge is 2.10. The van der Waals surface area contributed by atoms with E-state index in [1.165, 1.54) is 0 Å². The molecule has 0 atom stereocenters. The number of anilines is 1. The summed E-state index contributed by atoms with van der Waals surface area (Å²) in [6.07, 6.45) is 0. The molecule has 20 heavy (non-hydrogen) atoms. The second kappa shape index (κ2) is 5.30. The van der Waals surface area contributed by atoms with Gasteiger partial charge in [-0.3, -0.25) is 0 Å². The van der Waals surface area contributed by atoms with Gasteiger partial charge in [-0.15, -0.1) is 5.10 Å². The van der Waals surface area contributed by atoms with Gasteiger partial charge >= 0.3 is 0 Å². The Hall–Kier alpha value is -2.40. The minimum atomic E-state index is 0.512. The summed E-state index contributed by atoms with van der Waals surface area (Å²) in [6, 6.07) is 15.4. The standard InChI is InChI=1S/C14H12ClN5/c15-12-7-6-11(8-13(12)16)14-17-18-19-20(14)9-10-4-2-1-3-5-10/h1-8H,9,16H2. The van der Waals surface area contributed by atoms with E-state index < -0.39 is 0 Å². The van der Waals surface area contributed by atoms with Crippen molar-refractivity contribution in [3.8, 4) is 11.4 Å². The fraction of sp³-hybridized carbons (Fsp3) is 0.0714. The van der Waals surface area contributed by atoms with E-state index in [1.807, 2.05) is 36.4 Å². The van der Waals surface area contributed by atoms with Crippen molar-refractivity contribution in [2.75, 3.05) is 5.73 Å². The molecule has 2 aromatic carbocycles. The Morgan fingerprint density at radius 1 is 1.10 bits per heavy atom. The van der Waals surface area contributed by atoms with E-state index in [9.17, 15) is 0 Å². The molecule has 6 heteroatoms. The minimum Gasteiger partial charge on any atom is -0.398 e. The highest BCUT2D eigenvalue weighted by Crippen LogP contribution is 2.25. The van der Waals surface area contributed by atoms with Crippen molar-refractivity contribution in [2.45, 2.75) is 6.54 Å². The third kappa shape index (κ3) is 2.48. The fourth-order valence-corrected chi connectivity index (χ4v) is 2.07. The van der Waals surface area contributed by atoms with Gasteiger partial charge in [0.25, 0.3) is 0 Å². The van der Waals surface area contributed by atoms with Crippen LogP contribution in [0.15, 0.2) is 48.5 Å². The quantitative estimate of drug-likeness (QED) is 0.751. The Bertz CT molecular complexity index is 723. The van der Waals surface area contributed by atoms with Gasteiger partial charge < -0.3 is 5.73 Å². The van der Waals surface area contributed by atoms with Gasteiger partial charge in [0.1, 0.15) is 0 Å². The van der Waals surface area contributed by atoms with Crippen LogP contribution in [0.2, 0.25) is 5.02 Å². The predicted molar refractivity (Wildman–Crippen MR) is 78.2 cm³/mol. The van der Waals surface area contributed by atoms with E-state index in [0.29, 0.717) is 23.1 Å². The monoisotopic (exact) mass is 285 g/mol. The molecule has 0 saturated carbocycles. The molecule has 1 aromatic heterocycles. The summed E-state index contributed by atoms with van der Waals surface area (Å²) in [5, 5.41) is 12.3. The molecule has 3 rings (SSSR count). The zero-order chi connectivity index (χ0) is 13.9. The fourth-order valence-electron chi connectivity index (χ4n) is 1.96. The number of hydrogen-bond acceptors (Lipinski definition) is 4. The van der Waals surface area contributed by atoms with Crippen LogP contribution in [-0.2, 0) is 6.54 Å². The third-order valence-corrected chi connectivity index (χ3v) is 3.31. The summed E-state index contributed by atoms with van der Waals surface area (Å²) in [4.78, 5) is 0. The molecule has 0 amide bonds. The van der Waals surface area contributed by atoms with E-state index in [-0.39, 0.29) is 0 Å². The van der Waals surface area contributed by atoms with Crippen molar-refractivity contribution < 1.29 is 0 Å². The molecule has 0 fully saturated rings. The van der Waals surface area contributed by atoms with Crippen LogP contribution in [0.4, 0.5) is 5.69 Å². The number of nitrogens with zero attached hydrogens (tertiary/aromatic N) is 4. The van der Waals surface area contributed by atoms with Crippen LogP contribution in [0.3, 0.4) is 0 Å². The van der Waals surface area contributed by atoms with Crippen LogP contribution in [0.1, 0.15) is 5.56 Å². The van der Waals surface area contributed by atoms with E-state index in [1.54, 1.807) is 16.8 Å². The van der Waals surface area contributed by atoms with Crippen molar-refractivity contribution in [1.29, 1.82) is 0 Å². The van der Waals surface area contributed by atoms with E-state index in [2.05, 4.69) is 15.5 Å². The summed E-state index contributed by atoms with van der Waals surface area (Å²) in [7, 11) is 0. The molecule has 5 nitrogen and oxygen atoms in total. The molecule has 100 valence electrons. The van der Waals surface area contributed by atoms with Gasteiger partial charge in [0.15, 0.2) is 5.82 Å². The van der Waals surface area contributed by atoms with Crippen molar-refractivity contribution >= 4 is 17.3 Å². The average Bonchev–Trinajstić information content (AvgIpc) is 2.91. The van der Waals surface area contributed by atoms with E-state index in [0.717, 1.165) is 11.1 Å². The minimum absolute atomic E-state index is 0.512. The van der Waals surface area contributed by atoms with Crippen LogP contribution in [-0.4, -0.2) is 20.2 Å².